The number of benzene rings is 2. The van der Waals surface area contributed by atoms with Gasteiger partial charge in [0, 0.05) is 41.8 Å². The van der Waals surface area contributed by atoms with Crippen LogP contribution in [0.15, 0.2) is 36.4 Å². The van der Waals surface area contributed by atoms with Crippen LogP contribution >= 0.6 is 11.6 Å². The van der Waals surface area contributed by atoms with E-state index < -0.39 is 23.7 Å². The van der Waals surface area contributed by atoms with Crippen LogP contribution in [0.5, 0.6) is 11.5 Å². The van der Waals surface area contributed by atoms with Crippen LogP contribution in [0, 0.1) is 0 Å². The second-order valence-electron chi connectivity index (χ2n) is 10.8. The molecule has 1 N–H and O–H groups in total. The van der Waals surface area contributed by atoms with Gasteiger partial charge in [0.05, 0.1) is 39.0 Å². The van der Waals surface area contributed by atoms with E-state index in [-0.39, 0.29) is 12.3 Å². The lowest BCUT2D eigenvalue weighted by atomic mass is 9.92. The van der Waals surface area contributed by atoms with Crippen LogP contribution < -0.4 is 9.47 Å². The Kier molecular flexibility index (Phi) is 8.05. The zero-order valence-corrected chi connectivity index (χ0v) is 24.1. The summed E-state index contributed by atoms with van der Waals surface area (Å²) in [4.78, 5) is 15.1. The predicted octanol–water partition coefficient (Wildman–Crippen LogP) is 4.01. The minimum absolute atomic E-state index is 0.0140. The minimum atomic E-state index is -0.767. The van der Waals surface area contributed by atoms with Gasteiger partial charge in [-0.05, 0) is 30.7 Å². The van der Waals surface area contributed by atoms with E-state index in [0.717, 1.165) is 16.8 Å². The van der Waals surface area contributed by atoms with E-state index in [4.69, 9.17) is 30.5 Å². The van der Waals surface area contributed by atoms with Crippen LogP contribution in [0.4, 0.5) is 0 Å². The molecule has 0 radical (unpaired) electrons. The highest BCUT2D eigenvalue weighted by molar-refractivity contribution is 6.30. The molecule has 3 aromatic rings. The Morgan fingerprint density at radius 2 is 1.95 bits per heavy atom. The Labute approximate surface area is 238 Å². The molecule has 40 heavy (non-hydrogen) atoms. The molecule has 1 aromatic heterocycles. The molecular formula is C29H35ClN4O6. The standard InChI is InChI=1S/C29H35ClN4O6/c1-29(2,16-37-3)28-32-31-27-23(14-24(36)33-12-11-18(35)15-33)40-25(19-7-6-8-22(38-4)26(19)39-5)20-13-17(30)9-10-21(20)34(27)28/h6-10,13,18,23,25,35H,11-12,14-16H2,1-5H3. The summed E-state index contributed by atoms with van der Waals surface area (Å²) in [5, 5.41) is 19.7. The third-order valence-electron chi connectivity index (χ3n) is 7.49. The van der Waals surface area contributed by atoms with Crippen molar-refractivity contribution in [2.75, 3.05) is 41.0 Å². The lowest BCUT2D eigenvalue weighted by Crippen LogP contribution is -2.32. The van der Waals surface area contributed by atoms with Gasteiger partial charge in [0.15, 0.2) is 17.3 Å². The number of para-hydroxylation sites is 1. The van der Waals surface area contributed by atoms with Crippen LogP contribution in [0.1, 0.15) is 61.7 Å². The number of amides is 1. The molecule has 0 spiro atoms. The van der Waals surface area contributed by atoms with E-state index >= 15 is 0 Å². The molecule has 3 heterocycles. The number of ether oxygens (including phenoxy) is 4. The Bertz CT molecular complexity index is 1390. The number of nitrogens with zero attached hydrogens (tertiary/aromatic N) is 4. The quantitative estimate of drug-likeness (QED) is 0.433. The third kappa shape index (κ3) is 5.16. The molecule has 1 amide bonds. The summed E-state index contributed by atoms with van der Waals surface area (Å²) >= 11 is 6.56. The summed E-state index contributed by atoms with van der Waals surface area (Å²) in [6, 6.07) is 11.2. The van der Waals surface area contributed by atoms with Gasteiger partial charge >= 0.3 is 0 Å². The topological polar surface area (TPSA) is 108 Å². The molecule has 0 bridgehead atoms. The van der Waals surface area contributed by atoms with E-state index in [0.29, 0.717) is 54.3 Å². The van der Waals surface area contributed by atoms with E-state index in [2.05, 4.69) is 10.2 Å². The molecule has 2 aliphatic rings. The molecule has 3 unspecified atom stereocenters. The van der Waals surface area contributed by atoms with Crippen LogP contribution in [0.25, 0.3) is 5.69 Å². The first-order valence-electron chi connectivity index (χ1n) is 13.2. The highest BCUT2D eigenvalue weighted by Gasteiger charge is 2.40. The molecule has 1 fully saturated rings. The van der Waals surface area contributed by atoms with Crippen LogP contribution in [0.3, 0.4) is 0 Å². The van der Waals surface area contributed by atoms with Gasteiger partial charge in [-0.2, -0.15) is 0 Å². The van der Waals surface area contributed by atoms with Gasteiger partial charge in [-0.3, -0.25) is 9.36 Å². The summed E-state index contributed by atoms with van der Waals surface area (Å²) in [5.41, 5.74) is 1.75. The second kappa shape index (κ2) is 11.4. The van der Waals surface area contributed by atoms with Crippen molar-refractivity contribution in [2.24, 2.45) is 0 Å². The van der Waals surface area contributed by atoms with E-state index in [1.165, 1.54) is 0 Å². The molecule has 10 nitrogen and oxygen atoms in total. The van der Waals surface area contributed by atoms with Crippen LogP contribution in [0.2, 0.25) is 5.02 Å². The zero-order chi connectivity index (χ0) is 28.6. The highest BCUT2D eigenvalue weighted by atomic mass is 35.5. The van der Waals surface area contributed by atoms with E-state index in [1.54, 1.807) is 26.2 Å². The van der Waals surface area contributed by atoms with Gasteiger partial charge in [0.25, 0.3) is 0 Å². The highest BCUT2D eigenvalue weighted by Crippen LogP contribution is 2.47. The Hall–Kier alpha value is -3.18. The summed E-state index contributed by atoms with van der Waals surface area (Å²) < 4.78 is 25.7. The number of methoxy groups -OCH3 is 3. The molecule has 11 heteroatoms. The van der Waals surface area contributed by atoms with Gasteiger partial charge < -0.3 is 29.0 Å². The van der Waals surface area contributed by atoms with Gasteiger partial charge in [-0.15, -0.1) is 10.2 Å². The van der Waals surface area contributed by atoms with Crippen LogP contribution in [-0.4, -0.2) is 77.8 Å². The summed E-state index contributed by atoms with van der Waals surface area (Å²) in [7, 11) is 4.81. The Morgan fingerprint density at radius 3 is 2.62 bits per heavy atom. The number of β-amino-alcohol motifs (C(OH)–C–C–N with tert-alkyl or cyclic N) is 1. The van der Waals surface area contributed by atoms with Crippen molar-refractivity contribution in [2.45, 2.75) is 50.4 Å². The SMILES string of the molecule is COCC(C)(C)c1nnc2n1-c1ccc(Cl)cc1C(c1cccc(OC)c1OC)OC2CC(=O)N1CCC(O)C1. The zero-order valence-electron chi connectivity index (χ0n) is 23.4. The van der Waals surface area contributed by atoms with Crippen molar-refractivity contribution in [3.8, 4) is 17.2 Å². The number of fused-ring (bicyclic) bond motifs is 3. The third-order valence-corrected chi connectivity index (χ3v) is 7.73. The molecule has 0 aliphatic carbocycles. The molecule has 3 atom stereocenters. The number of aromatic nitrogens is 3. The Balaban J connectivity index is 1.71. The molecule has 2 aliphatic heterocycles. The Morgan fingerprint density at radius 1 is 1.15 bits per heavy atom. The van der Waals surface area contributed by atoms with Gasteiger partial charge in [-0.25, -0.2) is 0 Å². The van der Waals surface area contributed by atoms with Crippen molar-refractivity contribution >= 4 is 17.5 Å². The maximum absolute atomic E-state index is 13.5. The van der Waals surface area contributed by atoms with Crippen molar-refractivity contribution in [3.05, 3.63) is 64.2 Å². The second-order valence-corrected chi connectivity index (χ2v) is 11.2. The van der Waals surface area contributed by atoms with Gasteiger partial charge in [0.1, 0.15) is 18.0 Å². The average Bonchev–Trinajstić information content (AvgIpc) is 3.55. The first kappa shape index (κ1) is 28.4. The molecule has 1 saturated heterocycles. The normalized spacial score (nSPS) is 20.6. The van der Waals surface area contributed by atoms with Crippen molar-refractivity contribution in [1.82, 2.24) is 19.7 Å². The van der Waals surface area contributed by atoms with E-state index in [9.17, 15) is 9.90 Å². The van der Waals surface area contributed by atoms with Gasteiger partial charge in [0.2, 0.25) is 5.91 Å². The fourth-order valence-electron chi connectivity index (χ4n) is 5.60. The fraction of sp³-hybridized carbons (Fsp3) is 0.483. The largest absolute Gasteiger partial charge is 0.493 e. The number of halogens is 1. The lowest BCUT2D eigenvalue weighted by molar-refractivity contribution is -0.134. The van der Waals surface area contributed by atoms with Gasteiger partial charge in [-0.1, -0.05) is 37.6 Å². The maximum Gasteiger partial charge on any atom is 0.225 e. The number of aliphatic hydroxyl groups is 1. The first-order chi connectivity index (χ1) is 19.2. The van der Waals surface area contributed by atoms with E-state index in [1.807, 2.05) is 54.8 Å². The summed E-state index contributed by atoms with van der Waals surface area (Å²) in [5.74, 6) is 2.11. The predicted molar refractivity (Wildman–Crippen MR) is 148 cm³/mol. The molecule has 5 rings (SSSR count). The maximum atomic E-state index is 13.5. The smallest absolute Gasteiger partial charge is 0.225 e. The number of aliphatic hydroxyl groups excluding tert-OH is 1. The fourth-order valence-corrected chi connectivity index (χ4v) is 5.78. The monoisotopic (exact) mass is 570 g/mol. The molecule has 0 saturated carbocycles. The molecule has 2 aromatic carbocycles. The number of hydrogen-bond acceptors (Lipinski definition) is 8. The number of hydrogen-bond donors (Lipinski definition) is 1. The number of carbonyl (C=O) groups is 1. The number of carbonyl (C=O) groups excluding carboxylic acids is 1. The average molecular weight is 571 g/mol. The van der Waals surface area contributed by atoms with Crippen molar-refractivity contribution in [3.63, 3.8) is 0 Å². The minimum Gasteiger partial charge on any atom is -0.493 e. The van der Waals surface area contributed by atoms with Crippen molar-refractivity contribution in [1.29, 1.82) is 0 Å². The number of rotatable bonds is 8. The summed E-state index contributed by atoms with van der Waals surface area (Å²) in [6.45, 7) is 5.26. The summed E-state index contributed by atoms with van der Waals surface area (Å²) in [6.07, 6.45) is -1.40. The first-order valence-corrected chi connectivity index (χ1v) is 13.6. The van der Waals surface area contributed by atoms with Crippen LogP contribution in [-0.2, 0) is 19.7 Å². The number of likely N-dealkylation sites (tertiary alicyclic amines) is 1. The van der Waals surface area contributed by atoms with Crippen molar-refractivity contribution < 1.29 is 28.8 Å². The molecular weight excluding hydrogens is 536 g/mol. The lowest BCUT2D eigenvalue weighted by Gasteiger charge is -2.26. The molecule has 214 valence electrons.